The number of hydrogen-bond donors (Lipinski definition) is 0. The Balaban J connectivity index is 1.73. The van der Waals surface area contributed by atoms with Gasteiger partial charge in [0.05, 0.1) is 17.6 Å². The number of rotatable bonds is 6. The van der Waals surface area contributed by atoms with E-state index in [0.29, 0.717) is 33.6 Å². The summed E-state index contributed by atoms with van der Waals surface area (Å²) in [5.74, 6) is 0.445. The van der Waals surface area contributed by atoms with Gasteiger partial charge in [0.2, 0.25) is 11.5 Å². The summed E-state index contributed by atoms with van der Waals surface area (Å²) in [5, 5.41) is 0.448. The molecule has 1 aromatic heterocycles. The number of esters is 1. The summed E-state index contributed by atoms with van der Waals surface area (Å²) in [6.45, 7) is 3.76. The molecule has 0 unspecified atom stereocenters. The Kier molecular flexibility index (Phi) is 5.85. The van der Waals surface area contributed by atoms with E-state index in [1.54, 1.807) is 44.2 Å². The zero-order valence-corrected chi connectivity index (χ0v) is 17.3. The number of carbonyl (C=O) groups is 1. The van der Waals surface area contributed by atoms with E-state index in [9.17, 15) is 9.59 Å². The van der Waals surface area contributed by atoms with Crippen LogP contribution in [0.15, 0.2) is 88.1 Å². The first-order valence-corrected chi connectivity index (χ1v) is 10.1. The van der Waals surface area contributed by atoms with E-state index in [1.165, 1.54) is 0 Å². The molecule has 0 saturated heterocycles. The van der Waals surface area contributed by atoms with E-state index in [2.05, 4.69) is 0 Å². The quantitative estimate of drug-likeness (QED) is 0.393. The van der Waals surface area contributed by atoms with Crippen LogP contribution in [-0.4, -0.2) is 12.6 Å². The molecule has 0 amide bonds. The largest absolute Gasteiger partial charge is 0.474 e. The maximum absolute atomic E-state index is 13.1. The van der Waals surface area contributed by atoms with Gasteiger partial charge in [0, 0.05) is 11.6 Å². The first kappa shape index (κ1) is 20.4. The first-order valence-electron chi connectivity index (χ1n) is 10.1. The van der Waals surface area contributed by atoms with E-state index >= 15 is 0 Å². The predicted molar refractivity (Wildman–Crippen MR) is 119 cm³/mol. The number of benzene rings is 3. The van der Waals surface area contributed by atoms with Gasteiger partial charge < -0.3 is 13.9 Å². The summed E-state index contributed by atoms with van der Waals surface area (Å²) >= 11 is 0. The minimum absolute atomic E-state index is 0.110. The third-order valence-corrected chi connectivity index (χ3v) is 4.96. The monoisotopic (exact) mass is 414 g/mol. The van der Waals surface area contributed by atoms with Crippen LogP contribution in [0.25, 0.3) is 22.1 Å². The number of ether oxygens (including phenoxy) is 2. The molecule has 4 aromatic rings. The summed E-state index contributed by atoms with van der Waals surface area (Å²) in [6.07, 6.45) is -0.921. The van der Waals surface area contributed by atoms with Crippen LogP contribution in [0.4, 0.5) is 0 Å². The zero-order valence-electron chi connectivity index (χ0n) is 17.3. The van der Waals surface area contributed by atoms with Crippen molar-refractivity contribution in [2.45, 2.75) is 20.0 Å². The maximum atomic E-state index is 13.1. The Bertz CT molecular complexity index is 1260. The van der Waals surface area contributed by atoms with Gasteiger partial charge in [-0.25, -0.2) is 4.79 Å². The molecule has 5 nitrogen and oxygen atoms in total. The second kappa shape index (κ2) is 8.88. The molecule has 31 heavy (non-hydrogen) atoms. The van der Waals surface area contributed by atoms with E-state index in [4.69, 9.17) is 13.9 Å². The molecular weight excluding hydrogens is 392 g/mol. The van der Waals surface area contributed by atoms with Crippen LogP contribution in [0.2, 0.25) is 0 Å². The lowest BCUT2D eigenvalue weighted by Crippen LogP contribution is -2.21. The molecular formula is C26H22O5. The van der Waals surface area contributed by atoms with Crippen molar-refractivity contribution in [2.24, 2.45) is 0 Å². The summed E-state index contributed by atoms with van der Waals surface area (Å²) in [7, 11) is 0. The number of hydrogen-bond acceptors (Lipinski definition) is 5. The lowest BCUT2D eigenvalue weighted by Gasteiger charge is -2.18. The Morgan fingerprint density at radius 1 is 0.968 bits per heavy atom. The Morgan fingerprint density at radius 3 is 2.32 bits per heavy atom. The molecule has 0 fully saturated rings. The van der Waals surface area contributed by atoms with Crippen molar-refractivity contribution in [3.05, 3.63) is 100 Å². The van der Waals surface area contributed by atoms with Crippen LogP contribution < -0.4 is 10.2 Å². The Hall–Kier alpha value is -3.86. The molecule has 156 valence electrons. The fourth-order valence-corrected chi connectivity index (χ4v) is 3.53. The van der Waals surface area contributed by atoms with Crippen molar-refractivity contribution >= 4 is 16.9 Å². The molecule has 1 atom stereocenters. The third-order valence-electron chi connectivity index (χ3n) is 4.96. The second-order valence-corrected chi connectivity index (χ2v) is 7.05. The Morgan fingerprint density at radius 2 is 1.65 bits per heavy atom. The average molecular weight is 414 g/mol. The third kappa shape index (κ3) is 4.21. The molecule has 0 aliphatic rings. The van der Waals surface area contributed by atoms with Gasteiger partial charge in [-0.15, -0.1) is 0 Å². The molecule has 4 rings (SSSR count). The summed E-state index contributed by atoms with van der Waals surface area (Å²) in [5.41, 5.74) is 2.31. The van der Waals surface area contributed by atoms with Gasteiger partial charge in [-0.05, 0) is 31.5 Å². The van der Waals surface area contributed by atoms with Crippen LogP contribution in [0.5, 0.6) is 5.75 Å². The average Bonchev–Trinajstić information content (AvgIpc) is 2.78. The second-order valence-electron chi connectivity index (χ2n) is 7.05. The SMILES string of the molecule is CCOC(=O)[C@@H](Oc1ccc2c(=O)c(-c3ccccc3)c(C)oc2c1)c1ccccc1. The van der Waals surface area contributed by atoms with E-state index in [1.807, 2.05) is 48.5 Å². The van der Waals surface area contributed by atoms with Gasteiger partial charge in [0.25, 0.3) is 0 Å². The van der Waals surface area contributed by atoms with Crippen LogP contribution in [0, 0.1) is 6.92 Å². The van der Waals surface area contributed by atoms with Gasteiger partial charge in [0.1, 0.15) is 17.1 Å². The van der Waals surface area contributed by atoms with Crippen LogP contribution in [0.3, 0.4) is 0 Å². The topological polar surface area (TPSA) is 65.7 Å². The summed E-state index contributed by atoms with van der Waals surface area (Å²) in [6, 6.07) is 23.5. The van der Waals surface area contributed by atoms with Crippen LogP contribution >= 0.6 is 0 Å². The fourth-order valence-electron chi connectivity index (χ4n) is 3.53. The van der Waals surface area contributed by atoms with Crippen molar-refractivity contribution in [3.8, 4) is 16.9 Å². The zero-order chi connectivity index (χ0) is 21.8. The van der Waals surface area contributed by atoms with Crippen molar-refractivity contribution in [2.75, 3.05) is 6.61 Å². The first-order chi connectivity index (χ1) is 15.1. The molecule has 0 aliphatic heterocycles. The van der Waals surface area contributed by atoms with Gasteiger partial charge in [-0.2, -0.15) is 0 Å². The molecule has 1 heterocycles. The lowest BCUT2D eigenvalue weighted by molar-refractivity contribution is -0.151. The van der Waals surface area contributed by atoms with Gasteiger partial charge >= 0.3 is 5.97 Å². The van der Waals surface area contributed by atoms with Crippen LogP contribution in [0.1, 0.15) is 24.4 Å². The van der Waals surface area contributed by atoms with Crippen molar-refractivity contribution in [1.82, 2.24) is 0 Å². The molecule has 0 saturated carbocycles. The van der Waals surface area contributed by atoms with Gasteiger partial charge in [-0.1, -0.05) is 60.7 Å². The van der Waals surface area contributed by atoms with E-state index in [0.717, 1.165) is 5.56 Å². The number of carbonyl (C=O) groups excluding carboxylic acids is 1. The predicted octanol–water partition coefficient (Wildman–Crippen LogP) is 5.45. The number of fused-ring (bicyclic) bond motifs is 1. The molecule has 0 bridgehead atoms. The van der Waals surface area contributed by atoms with E-state index < -0.39 is 12.1 Å². The highest BCUT2D eigenvalue weighted by molar-refractivity contribution is 5.84. The van der Waals surface area contributed by atoms with Crippen molar-refractivity contribution in [3.63, 3.8) is 0 Å². The van der Waals surface area contributed by atoms with Crippen molar-refractivity contribution < 1.29 is 18.7 Å². The highest BCUT2D eigenvalue weighted by Crippen LogP contribution is 2.29. The molecule has 3 aromatic carbocycles. The molecule has 0 aliphatic carbocycles. The maximum Gasteiger partial charge on any atom is 0.352 e. The molecule has 5 heteroatoms. The Labute approximate surface area is 179 Å². The highest BCUT2D eigenvalue weighted by atomic mass is 16.6. The summed E-state index contributed by atoms with van der Waals surface area (Å²) < 4.78 is 17.1. The molecule has 0 N–H and O–H groups in total. The normalized spacial score (nSPS) is 11.8. The summed E-state index contributed by atoms with van der Waals surface area (Å²) in [4.78, 5) is 25.6. The molecule has 0 radical (unpaired) electrons. The highest BCUT2D eigenvalue weighted by Gasteiger charge is 2.24. The standard InChI is InChI=1S/C26H22O5/c1-3-29-26(28)25(19-12-8-5-9-13-19)31-20-14-15-21-22(16-20)30-17(2)23(24(21)27)18-10-6-4-7-11-18/h4-16,25H,3H2,1-2H3/t25-/m0/s1. The smallest absolute Gasteiger partial charge is 0.352 e. The van der Waals surface area contributed by atoms with Crippen molar-refractivity contribution in [1.29, 1.82) is 0 Å². The van der Waals surface area contributed by atoms with E-state index in [-0.39, 0.29) is 12.0 Å². The van der Waals surface area contributed by atoms with Crippen LogP contribution in [-0.2, 0) is 9.53 Å². The van der Waals surface area contributed by atoms with Gasteiger partial charge in [0.15, 0.2) is 0 Å². The lowest BCUT2D eigenvalue weighted by atomic mass is 10.0. The minimum Gasteiger partial charge on any atom is -0.474 e. The van der Waals surface area contributed by atoms with Gasteiger partial charge in [-0.3, -0.25) is 4.79 Å². The molecule has 0 spiro atoms. The number of aryl methyl sites for hydroxylation is 1. The minimum atomic E-state index is -0.921. The fraction of sp³-hybridized carbons (Fsp3) is 0.154.